The van der Waals surface area contributed by atoms with E-state index in [4.69, 9.17) is 0 Å². The molecule has 1 aromatic rings. The minimum atomic E-state index is -0.719. The first-order chi connectivity index (χ1) is 10.9. The van der Waals surface area contributed by atoms with Crippen LogP contribution in [0.5, 0.6) is 0 Å². The molecule has 4 nitrogen and oxygen atoms in total. The monoisotopic (exact) mass is 325 g/mol. The average Bonchev–Trinajstić information content (AvgIpc) is 2.91. The molecule has 1 aliphatic rings. The Morgan fingerprint density at radius 1 is 1.30 bits per heavy atom. The number of benzene rings is 1. The van der Waals surface area contributed by atoms with Gasteiger partial charge in [0.2, 0.25) is 5.91 Å². The van der Waals surface area contributed by atoms with Crippen molar-refractivity contribution in [1.29, 1.82) is 0 Å². The van der Waals surface area contributed by atoms with Crippen LogP contribution in [0.3, 0.4) is 0 Å². The molecular weight excluding hydrogens is 304 g/mol. The van der Waals surface area contributed by atoms with E-state index in [9.17, 15) is 18.4 Å². The topological polar surface area (TPSA) is 46.6 Å². The second-order valence-electron chi connectivity index (χ2n) is 5.09. The summed E-state index contributed by atoms with van der Waals surface area (Å²) in [6, 6.07) is 3.17. The number of carbonyl (C=O) groups is 2. The number of ether oxygens (including phenoxy) is 1. The van der Waals surface area contributed by atoms with Crippen molar-refractivity contribution < 1.29 is 23.1 Å². The summed E-state index contributed by atoms with van der Waals surface area (Å²) in [6.07, 6.45) is 0.796. The zero-order valence-electron chi connectivity index (χ0n) is 13.4. The molecule has 2 amide bonds. The van der Waals surface area contributed by atoms with Gasteiger partial charge in [0.05, 0.1) is 6.54 Å². The molecule has 1 aliphatic heterocycles. The lowest BCUT2D eigenvalue weighted by molar-refractivity contribution is -0.127. The molecule has 1 heterocycles. The van der Waals surface area contributed by atoms with Crippen LogP contribution >= 0.6 is 0 Å². The molecule has 126 valence electrons. The van der Waals surface area contributed by atoms with Gasteiger partial charge in [-0.05, 0) is 24.1 Å². The summed E-state index contributed by atoms with van der Waals surface area (Å²) < 4.78 is 31.0. The van der Waals surface area contributed by atoms with Gasteiger partial charge < -0.3 is 4.74 Å². The minimum Gasteiger partial charge on any atom is -0.447 e. The average molecular weight is 325 g/mol. The summed E-state index contributed by atoms with van der Waals surface area (Å²) in [5.41, 5.74) is 0.548. The lowest BCUT2D eigenvalue weighted by Crippen LogP contribution is -2.31. The Hall–Kier alpha value is -2.24. The van der Waals surface area contributed by atoms with Gasteiger partial charge in [-0.1, -0.05) is 26.8 Å². The lowest BCUT2D eigenvalue weighted by atomic mass is 10.0. The summed E-state index contributed by atoms with van der Waals surface area (Å²) in [5.74, 6) is -1.78. The smallest absolute Gasteiger partial charge is 0.416 e. The van der Waals surface area contributed by atoms with Crippen LogP contribution in [0, 0.1) is 11.6 Å². The molecule has 2 rings (SSSR count). The summed E-state index contributed by atoms with van der Waals surface area (Å²) in [5, 5.41) is 0. The maximum absolute atomic E-state index is 13.5. The van der Waals surface area contributed by atoms with Gasteiger partial charge in [0.15, 0.2) is 0 Å². The number of cyclic esters (lactones) is 1. The number of nitrogens with zero attached hydrogens (tertiary/aromatic N) is 1. The maximum atomic E-state index is 13.5. The second kappa shape index (κ2) is 9.02. The number of halogens is 2. The molecule has 0 bridgehead atoms. The quantitative estimate of drug-likeness (QED) is 0.835. The number of allylic oxidation sites excluding steroid dienone is 1. The third kappa shape index (κ3) is 5.47. The van der Waals surface area contributed by atoms with Crippen molar-refractivity contribution in [2.24, 2.45) is 0 Å². The molecule has 1 fully saturated rings. The van der Waals surface area contributed by atoms with Crippen LogP contribution in [-0.2, 0) is 9.53 Å². The first kappa shape index (κ1) is 18.8. The molecule has 0 spiro atoms. The molecule has 0 saturated carbocycles. The van der Waals surface area contributed by atoms with Crippen molar-refractivity contribution >= 4 is 17.6 Å². The van der Waals surface area contributed by atoms with Crippen molar-refractivity contribution in [1.82, 2.24) is 4.90 Å². The second-order valence-corrected chi connectivity index (χ2v) is 5.09. The van der Waals surface area contributed by atoms with Crippen LogP contribution in [-0.4, -0.2) is 30.1 Å². The van der Waals surface area contributed by atoms with Crippen LogP contribution in [0.25, 0.3) is 5.57 Å². The summed E-state index contributed by atoms with van der Waals surface area (Å²) >= 11 is 0. The van der Waals surface area contributed by atoms with Crippen LogP contribution in [0.2, 0.25) is 0 Å². The van der Waals surface area contributed by atoms with Gasteiger partial charge in [0.25, 0.3) is 0 Å². The van der Waals surface area contributed by atoms with Crippen molar-refractivity contribution in [3.8, 4) is 0 Å². The third-order valence-electron chi connectivity index (χ3n) is 3.01. The zero-order chi connectivity index (χ0) is 17.4. The van der Waals surface area contributed by atoms with Gasteiger partial charge in [-0.15, -0.1) is 0 Å². The predicted octanol–water partition coefficient (Wildman–Crippen LogP) is 4.15. The van der Waals surface area contributed by atoms with Gasteiger partial charge in [-0.25, -0.2) is 18.5 Å². The summed E-state index contributed by atoms with van der Waals surface area (Å²) in [7, 11) is 0. The van der Waals surface area contributed by atoms with E-state index in [1.807, 2.05) is 0 Å². The number of hydrogen-bond acceptors (Lipinski definition) is 3. The fraction of sp³-hybridized carbons (Fsp3) is 0.412. The van der Waals surface area contributed by atoms with Crippen LogP contribution < -0.4 is 0 Å². The van der Waals surface area contributed by atoms with E-state index in [-0.39, 0.29) is 31.6 Å². The maximum Gasteiger partial charge on any atom is 0.416 e. The molecule has 0 radical (unpaired) electrons. The highest BCUT2D eigenvalue weighted by molar-refractivity contribution is 5.93. The number of rotatable bonds is 4. The van der Waals surface area contributed by atoms with E-state index >= 15 is 0 Å². The minimum absolute atomic E-state index is 0.0186. The fourth-order valence-electron chi connectivity index (χ4n) is 1.92. The van der Waals surface area contributed by atoms with Gasteiger partial charge in [0.1, 0.15) is 18.2 Å². The highest BCUT2D eigenvalue weighted by Gasteiger charge is 2.27. The number of amides is 2. The molecule has 0 unspecified atom stereocenters. The molecule has 0 aliphatic carbocycles. The van der Waals surface area contributed by atoms with Crippen LogP contribution in [0.4, 0.5) is 13.6 Å². The first-order valence-electron chi connectivity index (χ1n) is 7.51. The zero-order valence-corrected chi connectivity index (χ0v) is 13.4. The Morgan fingerprint density at radius 2 is 1.96 bits per heavy atom. The van der Waals surface area contributed by atoms with E-state index in [0.29, 0.717) is 5.57 Å². The van der Waals surface area contributed by atoms with Crippen molar-refractivity contribution in [3.63, 3.8) is 0 Å². The van der Waals surface area contributed by atoms with Crippen molar-refractivity contribution in [2.45, 2.75) is 33.1 Å². The first-order valence-corrected chi connectivity index (χ1v) is 7.51. The number of imide groups is 1. The van der Waals surface area contributed by atoms with Gasteiger partial charge in [-0.3, -0.25) is 4.79 Å². The SMILES string of the molecule is C=C(CCC(=O)N1CCOC1=O)c1ccc(F)cc1F.CCC. The lowest BCUT2D eigenvalue weighted by Gasteiger charge is -2.11. The molecule has 0 aromatic heterocycles. The van der Waals surface area contributed by atoms with Crippen LogP contribution in [0.15, 0.2) is 24.8 Å². The molecule has 0 N–H and O–H groups in total. The third-order valence-corrected chi connectivity index (χ3v) is 3.01. The Morgan fingerprint density at radius 3 is 2.48 bits per heavy atom. The Balaban J connectivity index is 0.000000816. The van der Waals surface area contributed by atoms with Gasteiger partial charge >= 0.3 is 6.09 Å². The largest absolute Gasteiger partial charge is 0.447 e. The Bertz CT molecular complexity index is 587. The summed E-state index contributed by atoms with van der Waals surface area (Å²) in [6.45, 7) is 8.36. The molecule has 23 heavy (non-hydrogen) atoms. The highest BCUT2D eigenvalue weighted by atomic mass is 19.1. The fourth-order valence-corrected chi connectivity index (χ4v) is 1.92. The van der Waals surface area contributed by atoms with E-state index in [1.54, 1.807) is 0 Å². The van der Waals surface area contributed by atoms with Crippen molar-refractivity contribution in [3.05, 3.63) is 42.0 Å². The van der Waals surface area contributed by atoms with E-state index < -0.39 is 23.6 Å². The number of hydrogen-bond donors (Lipinski definition) is 0. The molecular formula is C17H21F2NO3. The van der Waals surface area contributed by atoms with Gasteiger partial charge in [-0.2, -0.15) is 0 Å². The molecule has 0 atom stereocenters. The van der Waals surface area contributed by atoms with Gasteiger partial charge in [0, 0.05) is 18.1 Å². The molecule has 6 heteroatoms. The Kier molecular flexibility index (Phi) is 7.38. The van der Waals surface area contributed by atoms with E-state index in [1.165, 1.54) is 12.5 Å². The summed E-state index contributed by atoms with van der Waals surface area (Å²) in [4.78, 5) is 23.9. The number of carbonyl (C=O) groups excluding carboxylic acids is 2. The van der Waals surface area contributed by atoms with E-state index in [2.05, 4.69) is 25.2 Å². The van der Waals surface area contributed by atoms with E-state index in [0.717, 1.165) is 17.0 Å². The molecule has 1 saturated heterocycles. The van der Waals surface area contributed by atoms with Crippen molar-refractivity contribution in [2.75, 3.05) is 13.2 Å². The standard InChI is InChI=1S/C14H13F2NO3.C3H8/c1-9(11-4-3-10(15)8-12(11)16)2-5-13(18)17-6-7-20-14(17)19;1-3-2/h3-4,8H,1-2,5-7H2;3H2,1-2H3. The normalized spacial score (nSPS) is 13.2. The Labute approximate surface area is 134 Å². The predicted molar refractivity (Wildman–Crippen MR) is 83.7 cm³/mol. The van der Waals surface area contributed by atoms with Crippen LogP contribution in [0.1, 0.15) is 38.7 Å². The highest BCUT2D eigenvalue weighted by Crippen LogP contribution is 2.22. The molecule has 1 aromatic carbocycles.